The van der Waals surface area contributed by atoms with Crippen molar-refractivity contribution in [3.05, 3.63) is 12.3 Å². The van der Waals surface area contributed by atoms with Gasteiger partial charge in [-0.25, -0.2) is 0 Å². The van der Waals surface area contributed by atoms with Crippen molar-refractivity contribution in [2.75, 3.05) is 20.1 Å². The number of carboxylic acid groups (broad SMARTS) is 1. The molecule has 1 saturated heterocycles. The molecule has 1 heterocycles. The van der Waals surface area contributed by atoms with Gasteiger partial charge in [0.25, 0.3) is 0 Å². The van der Waals surface area contributed by atoms with Crippen LogP contribution in [0, 0.1) is 0 Å². The molecule has 0 aromatic carbocycles. The molecule has 3 nitrogen and oxygen atoms in total. The highest BCUT2D eigenvalue weighted by Gasteiger charge is 2.21. The van der Waals surface area contributed by atoms with Crippen molar-refractivity contribution < 1.29 is 14.4 Å². The minimum atomic E-state index is -1.10. The minimum absolute atomic E-state index is 0.744. The van der Waals surface area contributed by atoms with E-state index >= 15 is 0 Å². The lowest BCUT2D eigenvalue weighted by atomic mass is 10.1. The second kappa shape index (κ2) is 3.72. The van der Waals surface area contributed by atoms with E-state index in [2.05, 4.69) is 7.05 Å². The van der Waals surface area contributed by atoms with Crippen molar-refractivity contribution in [1.29, 1.82) is 0 Å². The van der Waals surface area contributed by atoms with Crippen molar-refractivity contribution in [3.63, 3.8) is 0 Å². The number of piperidine rings is 1. The molecule has 0 amide bonds. The molecule has 0 bridgehead atoms. The molecule has 1 rings (SSSR count). The summed E-state index contributed by atoms with van der Waals surface area (Å²) in [5, 5.41) is 10.2. The number of nitrogens with zero attached hydrogens (tertiary/aromatic N) is 1. The molecule has 0 radical (unpaired) electrons. The van der Waals surface area contributed by atoms with Gasteiger partial charge >= 0.3 is 0 Å². The Bertz CT molecular complexity index is 193. The summed E-state index contributed by atoms with van der Waals surface area (Å²) in [6, 6.07) is 0. The number of aliphatic carboxylic acids is 1. The van der Waals surface area contributed by atoms with Gasteiger partial charge in [0, 0.05) is 6.08 Å². The molecule has 12 heavy (non-hydrogen) atoms. The van der Waals surface area contributed by atoms with Crippen molar-refractivity contribution >= 4 is 5.97 Å². The van der Waals surface area contributed by atoms with E-state index in [4.69, 9.17) is 0 Å². The van der Waals surface area contributed by atoms with E-state index < -0.39 is 5.97 Å². The van der Waals surface area contributed by atoms with Gasteiger partial charge in [0.05, 0.1) is 32.3 Å². The third-order valence-electron chi connectivity index (χ3n) is 2.41. The summed E-state index contributed by atoms with van der Waals surface area (Å²) in [4.78, 5) is 10.2. The molecule has 1 fully saturated rings. The zero-order valence-electron chi connectivity index (χ0n) is 7.45. The second-order valence-electron chi connectivity index (χ2n) is 3.62. The lowest BCUT2D eigenvalue weighted by Crippen LogP contribution is -2.43. The van der Waals surface area contributed by atoms with Gasteiger partial charge in [0.1, 0.15) is 0 Å². The van der Waals surface area contributed by atoms with Crippen molar-refractivity contribution in [1.82, 2.24) is 0 Å². The van der Waals surface area contributed by atoms with E-state index in [1.807, 2.05) is 0 Å². The van der Waals surface area contributed by atoms with Gasteiger partial charge in [-0.2, -0.15) is 0 Å². The molecule has 0 unspecified atom stereocenters. The highest BCUT2D eigenvalue weighted by Crippen LogP contribution is 2.16. The Morgan fingerprint density at radius 2 is 1.92 bits per heavy atom. The van der Waals surface area contributed by atoms with Crippen molar-refractivity contribution in [2.24, 2.45) is 0 Å². The molecule has 68 valence electrons. The van der Waals surface area contributed by atoms with Crippen LogP contribution in [0.5, 0.6) is 0 Å². The molecular formula is C9H15NO2. The molecule has 0 aromatic rings. The molecular weight excluding hydrogens is 154 g/mol. The second-order valence-corrected chi connectivity index (χ2v) is 3.62. The van der Waals surface area contributed by atoms with Crippen LogP contribution < -0.4 is 5.11 Å². The molecule has 0 atom stereocenters. The quantitative estimate of drug-likeness (QED) is 0.427. The maximum atomic E-state index is 10.2. The third kappa shape index (κ3) is 2.66. The number of rotatable bonds is 2. The van der Waals surface area contributed by atoms with E-state index in [9.17, 15) is 9.90 Å². The maximum Gasteiger partial charge on any atom is 0.0974 e. The summed E-state index contributed by atoms with van der Waals surface area (Å²) in [6.45, 7) is 2.09. The molecule has 0 spiro atoms. The first-order valence-electron chi connectivity index (χ1n) is 4.37. The Morgan fingerprint density at radius 3 is 2.42 bits per heavy atom. The third-order valence-corrected chi connectivity index (χ3v) is 2.41. The van der Waals surface area contributed by atoms with Gasteiger partial charge in [-0.1, -0.05) is 0 Å². The smallest absolute Gasteiger partial charge is 0.0974 e. The number of carbonyl (C=O) groups is 1. The molecule has 1 aliphatic rings. The first-order valence-corrected chi connectivity index (χ1v) is 4.37. The van der Waals surface area contributed by atoms with Gasteiger partial charge in [-0.15, -0.1) is 0 Å². The predicted molar refractivity (Wildman–Crippen MR) is 43.9 cm³/mol. The van der Waals surface area contributed by atoms with Crippen LogP contribution >= 0.6 is 0 Å². The number of likely N-dealkylation sites (tertiary alicyclic amines) is 1. The lowest BCUT2D eigenvalue weighted by Gasteiger charge is -2.33. The fourth-order valence-electron chi connectivity index (χ4n) is 1.62. The first kappa shape index (κ1) is 9.26. The molecule has 0 N–H and O–H groups in total. The summed E-state index contributed by atoms with van der Waals surface area (Å²) >= 11 is 0. The van der Waals surface area contributed by atoms with Crippen LogP contribution in [-0.4, -0.2) is 30.6 Å². The lowest BCUT2D eigenvalue weighted by molar-refractivity contribution is -0.864. The first-order chi connectivity index (χ1) is 5.62. The highest BCUT2D eigenvalue weighted by molar-refractivity contribution is 5.77. The van der Waals surface area contributed by atoms with Crippen LogP contribution in [0.25, 0.3) is 0 Å². The number of quaternary nitrogens is 1. The summed E-state index contributed by atoms with van der Waals surface area (Å²) in [5.74, 6) is -1.10. The fourth-order valence-corrected chi connectivity index (χ4v) is 1.62. The van der Waals surface area contributed by atoms with Gasteiger partial charge < -0.3 is 9.90 Å². The minimum Gasteiger partial charge on any atom is -0.545 e. The molecule has 0 aliphatic carbocycles. The van der Waals surface area contributed by atoms with Gasteiger partial charge in [-0.05, 0) is 19.3 Å². The van der Waals surface area contributed by atoms with E-state index in [1.54, 1.807) is 6.20 Å². The van der Waals surface area contributed by atoms with E-state index in [0.717, 1.165) is 23.6 Å². The standard InChI is InChI=1S/C9H15NO2/c1-10(8-5-9(11)12)6-3-2-4-7-10/h5,8H,2-4,6-7H2,1H3/b8-5+. The van der Waals surface area contributed by atoms with Crippen molar-refractivity contribution in [3.8, 4) is 0 Å². The predicted octanol–water partition coefficient (Wildman–Crippen LogP) is -0.120. The van der Waals surface area contributed by atoms with Gasteiger partial charge in [0.2, 0.25) is 0 Å². The number of carbonyl (C=O) groups excluding carboxylic acids is 1. The van der Waals surface area contributed by atoms with E-state index in [0.29, 0.717) is 0 Å². The zero-order valence-corrected chi connectivity index (χ0v) is 7.45. The van der Waals surface area contributed by atoms with Gasteiger partial charge in [0.15, 0.2) is 0 Å². The Kier molecular flexibility index (Phi) is 2.87. The maximum absolute atomic E-state index is 10.2. The van der Waals surface area contributed by atoms with Crippen LogP contribution in [-0.2, 0) is 4.79 Å². The largest absolute Gasteiger partial charge is 0.545 e. The Hall–Kier alpha value is -0.830. The molecule has 0 saturated carbocycles. The van der Waals surface area contributed by atoms with E-state index in [1.165, 1.54) is 19.3 Å². The van der Waals surface area contributed by atoms with Crippen LogP contribution in [0.3, 0.4) is 0 Å². The Labute approximate surface area is 72.9 Å². The topological polar surface area (TPSA) is 40.1 Å². The average Bonchev–Trinajstić information content (AvgIpc) is 2.03. The van der Waals surface area contributed by atoms with Crippen LogP contribution in [0.4, 0.5) is 0 Å². The Morgan fingerprint density at radius 1 is 1.33 bits per heavy atom. The van der Waals surface area contributed by atoms with Crippen molar-refractivity contribution in [2.45, 2.75) is 19.3 Å². The highest BCUT2D eigenvalue weighted by atomic mass is 16.4. The SMILES string of the molecule is C[N+]1(/C=C/C(=O)[O-])CCCCC1. The zero-order chi connectivity index (χ0) is 9.03. The molecule has 0 aromatic heterocycles. The normalized spacial score (nSPS) is 22.8. The fraction of sp³-hybridized carbons (Fsp3) is 0.667. The summed E-state index contributed by atoms with van der Waals surface area (Å²) < 4.78 is 0.744. The summed E-state index contributed by atoms with van der Waals surface area (Å²) in [5.41, 5.74) is 0. The number of hydrogen-bond donors (Lipinski definition) is 0. The van der Waals surface area contributed by atoms with Crippen LogP contribution in [0.2, 0.25) is 0 Å². The summed E-state index contributed by atoms with van der Waals surface area (Å²) in [7, 11) is 2.05. The van der Waals surface area contributed by atoms with Crippen LogP contribution in [0.1, 0.15) is 19.3 Å². The van der Waals surface area contributed by atoms with E-state index in [-0.39, 0.29) is 0 Å². The van der Waals surface area contributed by atoms with Gasteiger partial charge in [-0.3, -0.25) is 4.48 Å². The average molecular weight is 169 g/mol. The summed E-state index contributed by atoms with van der Waals surface area (Å²) in [6.07, 6.45) is 6.52. The number of hydrogen-bond acceptors (Lipinski definition) is 2. The molecule has 1 aliphatic heterocycles. The molecule has 3 heteroatoms. The van der Waals surface area contributed by atoms with Crippen LogP contribution in [0.15, 0.2) is 12.3 Å². The monoisotopic (exact) mass is 169 g/mol. The Balaban J connectivity index is 2.52. The number of carboxylic acids is 1.